The summed E-state index contributed by atoms with van der Waals surface area (Å²) in [4.78, 5) is 28.8. The third-order valence-corrected chi connectivity index (χ3v) is 9.05. The van der Waals surface area contributed by atoms with Crippen LogP contribution in [0.15, 0.2) is 71.6 Å². The number of sulfonamides is 1. The summed E-state index contributed by atoms with van der Waals surface area (Å²) in [5.41, 5.74) is 0.830. The van der Waals surface area contributed by atoms with Crippen molar-refractivity contribution < 1.29 is 27.5 Å². The first kappa shape index (κ1) is 34.0. The van der Waals surface area contributed by atoms with Crippen molar-refractivity contribution >= 4 is 50.7 Å². The molecule has 43 heavy (non-hydrogen) atoms. The smallest absolute Gasteiger partial charge is 0.264 e. The predicted octanol–water partition coefficient (Wildman–Crippen LogP) is 5.79. The van der Waals surface area contributed by atoms with Gasteiger partial charge >= 0.3 is 0 Å². The average Bonchev–Trinajstić information content (AvgIpc) is 2.99. The number of carbonyl (C=O) groups is 2. The second-order valence-corrected chi connectivity index (χ2v) is 12.9. The van der Waals surface area contributed by atoms with Crippen molar-refractivity contribution in [1.82, 2.24) is 10.2 Å². The lowest BCUT2D eigenvalue weighted by molar-refractivity contribution is -0.140. The number of anilines is 1. The van der Waals surface area contributed by atoms with E-state index in [9.17, 15) is 18.0 Å². The van der Waals surface area contributed by atoms with Gasteiger partial charge in [0.25, 0.3) is 10.0 Å². The molecule has 1 N–H and O–H groups in total. The van der Waals surface area contributed by atoms with Gasteiger partial charge in [0.15, 0.2) is 11.5 Å². The first-order valence-electron chi connectivity index (χ1n) is 13.7. The molecule has 0 saturated carbocycles. The molecule has 0 spiro atoms. The van der Waals surface area contributed by atoms with Crippen molar-refractivity contribution in [3.63, 3.8) is 0 Å². The molecule has 2 amide bonds. The van der Waals surface area contributed by atoms with E-state index in [4.69, 9.17) is 32.7 Å². The highest BCUT2D eigenvalue weighted by Crippen LogP contribution is 2.32. The Morgan fingerprint density at radius 2 is 1.60 bits per heavy atom. The van der Waals surface area contributed by atoms with Crippen LogP contribution in [0, 0.1) is 5.92 Å². The lowest BCUT2D eigenvalue weighted by atomic mass is 10.1. The Kier molecular flexibility index (Phi) is 12.1. The Balaban J connectivity index is 2.08. The molecule has 0 aliphatic heterocycles. The molecule has 0 bridgehead atoms. The number of amides is 2. The minimum Gasteiger partial charge on any atom is -0.493 e. The number of para-hydroxylation sites is 1. The highest BCUT2D eigenvalue weighted by molar-refractivity contribution is 7.92. The maximum absolute atomic E-state index is 14.2. The first-order valence-corrected chi connectivity index (χ1v) is 15.9. The maximum atomic E-state index is 14.2. The Labute approximate surface area is 263 Å². The third kappa shape index (κ3) is 8.55. The molecular weight excluding hydrogens is 613 g/mol. The summed E-state index contributed by atoms with van der Waals surface area (Å²) < 4.78 is 39.8. The lowest BCUT2D eigenvalue weighted by Crippen LogP contribution is -2.52. The van der Waals surface area contributed by atoms with Crippen LogP contribution in [0.2, 0.25) is 10.0 Å². The summed E-state index contributed by atoms with van der Waals surface area (Å²) in [6, 6.07) is 16.5. The molecule has 12 heteroatoms. The van der Waals surface area contributed by atoms with E-state index in [-0.39, 0.29) is 41.1 Å². The van der Waals surface area contributed by atoms with Gasteiger partial charge in [0.1, 0.15) is 12.6 Å². The Morgan fingerprint density at radius 1 is 0.930 bits per heavy atom. The number of ether oxygens (including phenoxy) is 2. The van der Waals surface area contributed by atoms with Crippen LogP contribution in [0.3, 0.4) is 0 Å². The van der Waals surface area contributed by atoms with E-state index in [0.29, 0.717) is 27.9 Å². The summed E-state index contributed by atoms with van der Waals surface area (Å²) in [5.74, 6) is -0.173. The van der Waals surface area contributed by atoms with Gasteiger partial charge in [-0.2, -0.15) is 0 Å². The molecule has 0 unspecified atom stereocenters. The predicted molar refractivity (Wildman–Crippen MR) is 169 cm³/mol. The summed E-state index contributed by atoms with van der Waals surface area (Å²) in [5, 5.41) is 3.64. The van der Waals surface area contributed by atoms with Crippen molar-refractivity contribution in [2.45, 2.75) is 44.7 Å². The fourth-order valence-electron chi connectivity index (χ4n) is 4.40. The van der Waals surface area contributed by atoms with E-state index in [2.05, 4.69) is 5.32 Å². The van der Waals surface area contributed by atoms with Gasteiger partial charge in [-0.25, -0.2) is 8.42 Å². The van der Waals surface area contributed by atoms with E-state index in [1.807, 2.05) is 13.8 Å². The van der Waals surface area contributed by atoms with E-state index in [1.165, 1.54) is 37.3 Å². The van der Waals surface area contributed by atoms with Crippen LogP contribution < -0.4 is 19.1 Å². The van der Waals surface area contributed by atoms with Crippen LogP contribution in [-0.4, -0.2) is 58.5 Å². The zero-order valence-electron chi connectivity index (χ0n) is 24.8. The molecule has 0 aliphatic rings. The average molecular weight is 651 g/mol. The molecule has 0 radical (unpaired) electrons. The first-order chi connectivity index (χ1) is 20.4. The SMILES string of the molecule is CC[C@H](C(=O)NCC(C)C)N(Cc1ccc(Cl)cc1Cl)C(=O)CN(c1ccccc1)S(=O)(=O)c1ccc(OC)c(OC)c1. The Morgan fingerprint density at radius 3 is 2.19 bits per heavy atom. The van der Waals surface area contributed by atoms with Crippen LogP contribution in [0.5, 0.6) is 11.5 Å². The van der Waals surface area contributed by atoms with Crippen molar-refractivity contribution in [3.8, 4) is 11.5 Å². The van der Waals surface area contributed by atoms with Gasteiger partial charge in [0.2, 0.25) is 11.8 Å². The van der Waals surface area contributed by atoms with Gasteiger partial charge in [-0.05, 0) is 54.3 Å². The number of rotatable bonds is 14. The Bertz CT molecular complexity index is 1520. The van der Waals surface area contributed by atoms with Crippen LogP contribution >= 0.6 is 23.2 Å². The molecule has 1 atom stereocenters. The minimum absolute atomic E-state index is 0.0402. The number of hydrogen-bond acceptors (Lipinski definition) is 6. The van der Waals surface area contributed by atoms with Gasteiger partial charge in [-0.1, -0.05) is 68.2 Å². The molecule has 0 saturated heterocycles. The topological polar surface area (TPSA) is 105 Å². The largest absolute Gasteiger partial charge is 0.493 e. The van der Waals surface area contributed by atoms with E-state index >= 15 is 0 Å². The van der Waals surface area contributed by atoms with Crippen LogP contribution in [0.25, 0.3) is 0 Å². The standard InChI is InChI=1S/C31H37Cl2N3O6S/c1-6-27(31(38)34-18-21(2)3)35(19-22-12-13-23(32)16-26(22)33)30(37)20-36(24-10-8-7-9-11-24)43(39,40)25-14-15-28(41-4)29(17-25)42-5/h7-17,21,27H,6,18-20H2,1-5H3,(H,34,38)/t27-/m1/s1. The molecule has 232 valence electrons. The number of nitrogens with zero attached hydrogens (tertiary/aromatic N) is 2. The molecule has 3 aromatic carbocycles. The van der Waals surface area contributed by atoms with Gasteiger partial charge < -0.3 is 19.7 Å². The van der Waals surface area contributed by atoms with E-state index in [1.54, 1.807) is 55.5 Å². The molecule has 9 nitrogen and oxygen atoms in total. The molecule has 0 aliphatic carbocycles. The summed E-state index contributed by atoms with van der Waals surface area (Å²) in [6.45, 7) is 5.52. The van der Waals surface area contributed by atoms with Gasteiger partial charge in [0, 0.05) is 29.2 Å². The zero-order chi connectivity index (χ0) is 31.7. The van der Waals surface area contributed by atoms with Crippen molar-refractivity contribution in [2.24, 2.45) is 5.92 Å². The fraction of sp³-hybridized carbons (Fsp3) is 0.355. The number of benzene rings is 3. The number of halogens is 2. The molecule has 0 heterocycles. The number of methoxy groups -OCH3 is 2. The van der Waals surface area contributed by atoms with Gasteiger partial charge in [-0.15, -0.1) is 0 Å². The maximum Gasteiger partial charge on any atom is 0.264 e. The van der Waals surface area contributed by atoms with E-state index in [0.717, 1.165) is 4.31 Å². The van der Waals surface area contributed by atoms with Gasteiger partial charge in [0.05, 0.1) is 24.8 Å². The Hall–Kier alpha value is -3.47. The summed E-state index contributed by atoms with van der Waals surface area (Å²) in [7, 11) is -1.44. The highest BCUT2D eigenvalue weighted by atomic mass is 35.5. The minimum atomic E-state index is -4.29. The number of nitrogens with one attached hydrogen (secondary N) is 1. The van der Waals surface area contributed by atoms with Crippen molar-refractivity contribution in [2.75, 3.05) is 31.6 Å². The monoisotopic (exact) mass is 649 g/mol. The summed E-state index contributed by atoms with van der Waals surface area (Å²) in [6.07, 6.45) is 0.286. The van der Waals surface area contributed by atoms with Crippen molar-refractivity contribution in [1.29, 1.82) is 0 Å². The van der Waals surface area contributed by atoms with Crippen LogP contribution in [0.4, 0.5) is 5.69 Å². The van der Waals surface area contributed by atoms with Crippen LogP contribution in [-0.2, 0) is 26.2 Å². The van der Waals surface area contributed by atoms with Crippen molar-refractivity contribution in [3.05, 3.63) is 82.3 Å². The normalized spacial score (nSPS) is 12.0. The quantitative estimate of drug-likeness (QED) is 0.237. The third-order valence-electron chi connectivity index (χ3n) is 6.69. The van der Waals surface area contributed by atoms with Gasteiger partial charge in [-0.3, -0.25) is 13.9 Å². The number of carbonyl (C=O) groups excluding carboxylic acids is 2. The summed E-state index contributed by atoms with van der Waals surface area (Å²) >= 11 is 12.6. The highest BCUT2D eigenvalue weighted by Gasteiger charge is 2.34. The van der Waals surface area contributed by atoms with Crippen LogP contribution in [0.1, 0.15) is 32.8 Å². The molecule has 3 aromatic rings. The molecular formula is C31H37Cl2N3O6S. The second kappa shape index (κ2) is 15.3. The molecule has 0 fully saturated rings. The zero-order valence-corrected chi connectivity index (χ0v) is 27.2. The molecule has 3 rings (SSSR count). The number of hydrogen-bond donors (Lipinski definition) is 1. The second-order valence-electron chi connectivity index (χ2n) is 10.2. The molecule has 0 aromatic heterocycles. The van der Waals surface area contributed by atoms with E-state index < -0.39 is 28.5 Å². The lowest BCUT2D eigenvalue weighted by Gasteiger charge is -2.33. The fourth-order valence-corrected chi connectivity index (χ4v) is 6.30.